The Morgan fingerprint density at radius 2 is 1.35 bits per heavy atom. The number of methoxy groups -OCH3 is 2. The van der Waals surface area contributed by atoms with E-state index in [2.05, 4.69) is 0 Å². The Balaban J connectivity index is 1.70. The first-order chi connectivity index (χ1) is 12.6. The van der Waals surface area contributed by atoms with E-state index in [-0.39, 0.29) is 13.2 Å². The summed E-state index contributed by atoms with van der Waals surface area (Å²) in [5.74, 6) is 0.390. The topological polar surface area (TPSA) is 71.1 Å². The minimum absolute atomic E-state index is 0.0202. The van der Waals surface area contributed by atoms with Crippen LogP contribution in [0.2, 0.25) is 0 Å². The summed E-state index contributed by atoms with van der Waals surface area (Å²) in [6.45, 7) is -0.0410. The van der Waals surface area contributed by atoms with Gasteiger partial charge in [0.2, 0.25) is 0 Å². The van der Waals surface area contributed by atoms with Crippen LogP contribution in [0.15, 0.2) is 54.6 Å². The third-order valence-electron chi connectivity index (χ3n) is 3.41. The number of rotatable bonds is 8. The highest BCUT2D eigenvalue weighted by Crippen LogP contribution is 2.13. The Bertz CT molecular complexity index is 747. The summed E-state index contributed by atoms with van der Waals surface area (Å²) in [5, 5.41) is 0. The normalized spacial score (nSPS) is 10.4. The molecule has 2 rings (SSSR count). The summed E-state index contributed by atoms with van der Waals surface area (Å²) in [7, 11) is 3.13. The molecule has 0 aliphatic rings. The number of carbonyl (C=O) groups is 2. The van der Waals surface area contributed by atoms with Crippen molar-refractivity contribution in [3.8, 4) is 11.5 Å². The van der Waals surface area contributed by atoms with Gasteiger partial charge in [-0.25, -0.2) is 9.59 Å². The predicted molar refractivity (Wildman–Crippen MR) is 96.3 cm³/mol. The van der Waals surface area contributed by atoms with Crippen LogP contribution in [0.3, 0.4) is 0 Å². The smallest absolute Gasteiger partial charge is 0.338 e. The molecule has 0 aliphatic carbocycles. The number of benzene rings is 2. The van der Waals surface area contributed by atoms with E-state index in [1.165, 1.54) is 6.08 Å². The lowest BCUT2D eigenvalue weighted by Gasteiger charge is -2.06. The van der Waals surface area contributed by atoms with Crippen LogP contribution in [0.1, 0.15) is 15.9 Å². The van der Waals surface area contributed by atoms with Crippen LogP contribution >= 0.6 is 0 Å². The highest BCUT2D eigenvalue weighted by molar-refractivity contribution is 5.89. The van der Waals surface area contributed by atoms with Crippen molar-refractivity contribution >= 4 is 18.0 Å². The number of hydrogen-bond acceptors (Lipinski definition) is 6. The lowest BCUT2D eigenvalue weighted by Crippen LogP contribution is -2.12. The molecule has 0 unspecified atom stereocenters. The van der Waals surface area contributed by atoms with Gasteiger partial charge >= 0.3 is 11.9 Å². The molecule has 0 N–H and O–H groups in total. The van der Waals surface area contributed by atoms with Crippen LogP contribution in [-0.2, 0) is 14.3 Å². The Hall–Kier alpha value is -3.28. The van der Waals surface area contributed by atoms with Crippen LogP contribution in [0.5, 0.6) is 11.5 Å². The maximum absolute atomic E-state index is 11.8. The molecule has 0 amide bonds. The Kier molecular flexibility index (Phi) is 7.24. The molecule has 0 heterocycles. The molecule has 2 aromatic rings. The number of ether oxygens (including phenoxy) is 4. The van der Waals surface area contributed by atoms with Gasteiger partial charge in [0.25, 0.3) is 0 Å². The van der Waals surface area contributed by atoms with Crippen LogP contribution in [0, 0.1) is 0 Å². The van der Waals surface area contributed by atoms with E-state index in [9.17, 15) is 9.59 Å². The van der Waals surface area contributed by atoms with E-state index in [1.807, 2.05) is 12.1 Å². The van der Waals surface area contributed by atoms with Gasteiger partial charge in [-0.05, 0) is 48.0 Å². The molecule has 26 heavy (non-hydrogen) atoms. The average Bonchev–Trinajstić information content (AvgIpc) is 2.70. The predicted octanol–water partition coefficient (Wildman–Crippen LogP) is 3.12. The van der Waals surface area contributed by atoms with Crippen molar-refractivity contribution < 1.29 is 28.5 Å². The summed E-state index contributed by atoms with van der Waals surface area (Å²) in [5.41, 5.74) is 1.24. The fourth-order valence-corrected chi connectivity index (χ4v) is 2.01. The van der Waals surface area contributed by atoms with Gasteiger partial charge in [-0.3, -0.25) is 0 Å². The Morgan fingerprint density at radius 3 is 1.92 bits per heavy atom. The molecule has 0 aliphatic heterocycles. The second-order valence-corrected chi connectivity index (χ2v) is 5.14. The van der Waals surface area contributed by atoms with E-state index in [0.29, 0.717) is 11.3 Å². The molecular weight excluding hydrogens is 336 g/mol. The summed E-state index contributed by atoms with van der Waals surface area (Å²) < 4.78 is 20.1. The van der Waals surface area contributed by atoms with Gasteiger partial charge < -0.3 is 18.9 Å². The third-order valence-corrected chi connectivity index (χ3v) is 3.41. The van der Waals surface area contributed by atoms with E-state index in [1.54, 1.807) is 56.7 Å². The first kappa shape index (κ1) is 19.1. The van der Waals surface area contributed by atoms with Crippen molar-refractivity contribution in [3.05, 3.63) is 65.7 Å². The second kappa shape index (κ2) is 9.88. The van der Waals surface area contributed by atoms with E-state index in [4.69, 9.17) is 18.9 Å². The molecule has 0 radical (unpaired) electrons. The largest absolute Gasteiger partial charge is 0.497 e. The van der Waals surface area contributed by atoms with Gasteiger partial charge in [0.1, 0.15) is 24.7 Å². The summed E-state index contributed by atoms with van der Waals surface area (Å²) in [4.78, 5) is 23.5. The summed E-state index contributed by atoms with van der Waals surface area (Å²) in [6.07, 6.45) is 2.94. The first-order valence-corrected chi connectivity index (χ1v) is 7.92. The van der Waals surface area contributed by atoms with Crippen molar-refractivity contribution in [1.29, 1.82) is 0 Å². The van der Waals surface area contributed by atoms with Gasteiger partial charge in [-0.15, -0.1) is 0 Å². The molecule has 0 spiro atoms. The van der Waals surface area contributed by atoms with E-state index < -0.39 is 11.9 Å². The molecule has 6 nitrogen and oxygen atoms in total. The van der Waals surface area contributed by atoms with E-state index >= 15 is 0 Å². The zero-order valence-electron chi connectivity index (χ0n) is 14.6. The van der Waals surface area contributed by atoms with Crippen LogP contribution < -0.4 is 9.47 Å². The molecule has 0 bridgehead atoms. The molecule has 136 valence electrons. The van der Waals surface area contributed by atoms with Crippen molar-refractivity contribution in [2.75, 3.05) is 27.4 Å². The molecular formula is C20H20O6. The highest BCUT2D eigenvalue weighted by Gasteiger charge is 2.07. The SMILES string of the molecule is COc1ccc(/C=C/C(=O)OCCOC(=O)c2ccc(OC)cc2)cc1. The number of esters is 2. The summed E-state index contributed by atoms with van der Waals surface area (Å²) in [6, 6.07) is 13.8. The molecule has 6 heteroatoms. The molecule has 0 atom stereocenters. The van der Waals surface area contributed by atoms with Crippen LogP contribution in [0.25, 0.3) is 6.08 Å². The van der Waals surface area contributed by atoms with Gasteiger partial charge in [-0.2, -0.15) is 0 Å². The zero-order valence-corrected chi connectivity index (χ0v) is 14.6. The van der Waals surface area contributed by atoms with Gasteiger partial charge in [0.15, 0.2) is 0 Å². The van der Waals surface area contributed by atoms with Gasteiger partial charge in [-0.1, -0.05) is 12.1 Å². The minimum atomic E-state index is -0.513. The van der Waals surface area contributed by atoms with E-state index in [0.717, 1.165) is 11.3 Å². The minimum Gasteiger partial charge on any atom is -0.497 e. The lowest BCUT2D eigenvalue weighted by molar-refractivity contribution is -0.138. The molecule has 0 aromatic heterocycles. The van der Waals surface area contributed by atoms with Crippen molar-refractivity contribution in [3.63, 3.8) is 0 Å². The van der Waals surface area contributed by atoms with Crippen molar-refractivity contribution in [2.24, 2.45) is 0 Å². The Morgan fingerprint density at radius 1 is 0.808 bits per heavy atom. The lowest BCUT2D eigenvalue weighted by atomic mass is 10.2. The van der Waals surface area contributed by atoms with Crippen LogP contribution in [0.4, 0.5) is 0 Å². The fraction of sp³-hybridized carbons (Fsp3) is 0.200. The first-order valence-electron chi connectivity index (χ1n) is 7.92. The maximum atomic E-state index is 11.8. The van der Waals surface area contributed by atoms with Gasteiger partial charge in [0, 0.05) is 6.08 Å². The number of carbonyl (C=O) groups excluding carboxylic acids is 2. The molecule has 0 saturated heterocycles. The monoisotopic (exact) mass is 356 g/mol. The zero-order chi connectivity index (χ0) is 18.8. The van der Waals surface area contributed by atoms with Gasteiger partial charge in [0.05, 0.1) is 19.8 Å². The third kappa shape index (κ3) is 5.98. The quantitative estimate of drug-likeness (QED) is 0.411. The molecule has 0 saturated carbocycles. The standard InChI is InChI=1S/C20H20O6/c1-23-17-8-3-15(4-9-17)5-12-19(21)25-13-14-26-20(22)16-6-10-18(24-2)11-7-16/h3-12H,13-14H2,1-2H3/b12-5+. The Labute approximate surface area is 151 Å². The maximum Gasteiger partial charge on any atom is 0.338 e. The second-order valence-electron chi connectivity index (χ2n) is 5.14. The highest BCUT2D eigenvalue weighted by atomic mass is 16.6. The van der Waals surface area contributed by atoms with Crippen molar-refractivity contribution in [2.45, 2.75) is 0 Å². The van der Waals surface area contributed by atoms with Crippen LogP contribution in [-0.4, -0.2) is 39.4 Å². The number of hydrogen-bond donors (Lipinski definition) is 0. The summed E-state index contributed by atoms with van der Waals surface area (Å²) >= 11 is 0. The molecule has 2 aromatic carbocycles. The van der Waals surface area contributed by atoms with Crippen molar-refractivity contribution in [1.82, 2.24) is 0 Å². The molecule has 0 fully saturated rings. The fourth-order valence-electron chi connectivity index (χ4n) is 2.01. The average molecular weight is 356 g/mol.